The van der Waals surface area contributed by atoms with Crippen LogP contribution in [0.25, 0.3) is 0 Å². The number of nitrogens with two attached hydrogens (primary N) is 1. The van der Waals surface area contributed by atoms with Gasteiger partial charge in [-0.25, -0.2) is 15.4 Å². The molecule has 0 amide bonds. The zero-order chi connectivity index (χ0) is 14.5. The first-order valence-corrected chi connectivity index (χ1v) is 7.00. The van der Waals surface area contributed by atoms with Gasteiger partial charge >= 0.3 is 0 Å². The van der Waals surface area contributed by atoms with Crippen LogP contribution in [0.5, 0.6) is 5.75 Å². The summed E-state index contributed by atoms with van der Waals surface area (Å²) >= 11 is 3.48. The minimum atomic E-state index is -0.129. The number of halogens is 1. The van der Waals surface area contributed by atoms with Crippen LogP contribution in [-0.2, 0) is 6.42 Å². The first-order valence-electron chi connectivity index (χ1n) is 6.21. The van der Waals surface area contributed by atoms with Crippen molar-refractivity contribution >= 4 is 15.9 Å². The molecule has 6 heteroatoms. The lowest BCUT2D eigenvalue weighted by atomic mass is 10.1. The third-order valence-corrected chi connectivity index (χ3v) is 3.59. The highest BCUT2D eigenvalue weighted by molar-refractivity contribution is 9.10. The van der Waals surface area contributed by atoms with E-state index in [9.17, 15) is 0 Å². The van der Waals surface area contributed by atoms with Crippen LogP contribution in [0.4, 0.5) is 0 Å². The lowest BCUT2D eigenvalue weighted by molar-refractivity contribution is 0.411. The van der Waals surface area contributed by atoms with E-state index >= 15 is 0 Å². The Kier molecular flexibility index (Phi) is 5.05. The van der Waals surface area contributed by atoms with Crippen molar-refractivity contribution < 1.29 is 4.74 Å². The summed E-state index contributed by atoms with van der Waals surface area (Å²) in [6, 6.07) is 5.80. The van der Waals surface area contributed by atoms with E-state index in [1.54, 1.807) is 19.5 Å². The van der Waals surface area contributed by atoms with E-state index in [-0.39, 0.29) is 6.04 Å². The van der Waals surface area contributed by atoms with Crippen LogP contribution < -0.4 is 16.0 Å². The first-order chi connectivity index (χ1) is 9.63. The number of methoxy groups -OCH3 is 1. The van der Waals surface area contributed by atoms with Crippen molar-refractivity contribution in [2.45, 2.75) is 19.4 Å². The lowest BCUT2D eigenvalue weighted by Gasteiger charge is -2.15. The van der Waals surface area contributed by atoms with Crippen LogP contribution >= 0.6 is 15.9 Å². The smallest absolute Gasteiger partial charge is 0.146 e. The van der Waals surface area contributed by atoms with Crippen LogP contribution in [0.2, 0.25) is 0 Å². The zero-order valence-corrected chi connectivity index (χ0v) is 13.0. The molecule has 20 heavy (non-hydrogen) atoms. The predicted molar refractivity (Wildman–Crippen MR) is 81.2 cm³/mol. The van der Waals surface area contributed by atoms with E-state index in [0.717, 1.165) is 21.3 Å². The SMILES string of the molecule is COc1ccc(CC(NN)c2ncc(C)cn2)cc1Br. The average Bonchev–Trinajstić information content (AvgIpc) is 2.46. The molecule has 1 aromatic carbocycles. The molecule has 0 aliphatic carbocycles. The molecule has 2 aromatic rings. The van der Waals surface area contributed by atoms with Crippen molar-refractivity contribution in [2.24, 2.45) is 5.84 Å². The lowest BCUT2D eigenvalue weighted by Crippen LogP contribution is -2.31. The fraction of sp³-hybridized carbons (Fsp3) is 0.286. The molecule has 1 atom stereocenters. The minimum Gasteiger partial charge on any atom is -0.496 e. The second-order valence-corrected chi connectivity index (χ2v) is 5.37. The molecule has 106 valence electrons. The molecule has 0 aliphatic heterocycles. The number of benzene rings is 1. The third kappa shape index (κ3) is 3.53. The standard InChI is InChI=1S/C14H17BrN4O/c1-9-7-17-14(18-8-9)12(19-16)6-10-3-4-13(20-2)11(15)5-10/h3-5,7-8,12,19H,6,16H2,1-2H3. The summed E-state index contributed by atoms with van der Waals surface area (Å²) in [7, 11) is 1.64. The highest BCUT2D eigenvalue weighted by Gasteiger charge is 2.14. The Morgan fingerprint density at radius 2 is 2.05 bits per heavy atom. The maximum atomic E-state index is 5.62. The first kappa shape index (κ1) is 14.9. The average molecular weight is 337 g/mol. The molecule has 1 aromatic heterocycles. The van der Waals surface area contributed by atoms with E-state index in [4.69, 9.17) is 10.6 Å². The van der Waals surface area contributed by atoms with Crippen molar-refractivity contribution in [1.82, 2.24) is 15.4 Å². The van der Waals surface area contributed by atoms with Gasteiger partial charge in [-0.3, -0.25) is 5.84 Å². The van der Waals surface area contributed by atoms with Crippen LogP contribution in [0, 0.1) is 6.92 Å². The largest absolute Gasteiger partial charge is 0.496 e. The van der Waals surface area contributed by atoms with E-state index in [1.165, 1.54) is 0 Å². The monoisotopic (exact) mass is 336 g/mol. The number of hydrazine groups is 1. The van der Waals surface area contributed by atoms with E-state index in [2.05, 4.69) is 31.3 Å². The van der Waals surface area contributed by atoms with Crippen molar-refractivity contribution in [3.8, 4) is 5.75 Å². The second kappa shape index (κ2) is 6.78. The molecule has 0 aliphatic rings. The van der Waals surface area contributed by atoms with Crippen LogP contribution in [0.15, 0.2) is 35.1 Å². The number of rotatable bonds is 5. The van der Waals surface area contributed by atoms with Gasteiger partial charge in [0.25, 0.3) is 0 Å². The van der Waals surface area contributed by atoms with E-state index < -0.39 is 0 Å². The topological polar surface area (TPSA) is 73.1 Å². The molecule has 0 fully saturated rings. The van der Waals surface area contributed by atoms with Gasteiger partial charge in [0.2, 0.25) is 0 Å². The Bertz CT molecular complexity index is 574. The molecule has 1 unspecified atom stereocenters. The molecule has 1 heterocycles. The summed E-state index contributed by atoms with van der Waals surface area (Å²) in [5.74, 6) is 7.11. The summed E-state index contributed by atoms with van der Waals surface area (Å²) in [6.45, 7) is 1.95. The highest BCUT2D eigenvalue weighted by Crippen LogP contribution is 2.27. The van der Waals surface area contributed by atoms with Gasteiger partial charge in [-0.2, -0.15) is 0 Å². The summed E-state index contributed by atoms with van der Waals surface area (Å²) in [6.07, 6.45) is 4.27. The molecular formula is C14H17BrN4O. The number of nitrogens with one attached hydrogen (secondary N) is 1. The van der Waals surface area contributed by atoms with Crippen LogP contribution in [0.1, 0.15) is 23.0 Å². The maximum Gasteiger partial charge on any atom is 0.146 e. The number of aryl methyl sites for hydroxylation is 1. The van der Waals surface area contributed by atoms with Gasteiger partial charge in [0.05, 0.1) is 17.6 Å². The van der Waals surface area contributed by atoms with Crippen LogP contribution in [0.3, 0.4) is 0 Å². The summed E-state index contributed by atoms with van der Waals surface area (Å²) < 4.78 is 6.13. The second-order valence-electron chi connectivity index (χ2n) is 4.51. The number of hydrogen-bond acceptors (Lipinski definition) is 5. The zero-order valence-electron chi connectivity index (χ0n) is 11.4. The summed E-state index contributed by atoms with van der Waals surface area (Å²) in [5.41, 5.74) is 4.90. The van der Waals surface area contributed by atoms with Gasteiger partial charge in [0.15, 0.2) is 0 Å². The van der Waals surface area contributed by atoms with Crippen molar-refractivity contribution in [3.05, 3.63) is 52.0 Å². The Morgan fingerprint density at radius 1 is 1.35 bits per heavy atom. The molecule has 3 N–H and O–H groups in total. The van der Waals surface area contributed by atoms with E-state index in [1.807, 2.05) is 25.1 Å². The molecule has 2 rings (SSSR count). The fourth-order valence-electron chi connectivity index (χ4n) is 1.88. The van der Waals surface area contributed by atoms with Gasteiger partial charge in [-0.05, 0) is 52.5 Å². The van der Waals surface area contributed by atoms with Crippen molar-refractivity contribution in [2.75, 3.05) is 7.11 Å². The Labute approximate surface area is 126 Å². The maximum absolute atomic E-state index is 5.62. The normalized spacial score (nSPS) is 12.2. The molecular weight excluding hydrogens is 320 g/mol. The molecule has 0 radical (unpaired) electrons. The predicted octanol–water partition coefficient (Wildman–Crippen LogP) is 2.30. The van der Waals surface area contributed by atoms with Crippen LogP contribution in [-0.4, -0.2) is 17.1 Å². The Balaban J connectivity index is 2.17. The minimum absolute atomic E-state index is 0.129. The third-order valence-electron chi connectivity index (χ3n) is 2.97. The quantitative estimate of drug-likeness (QED) is 0.647. The molecule has 0 spiro atoms. The fourth-order valence-corrected chi connectivity index (χ4v) is 2.47. The summed E-state index contributed by atoms with van der Waals surface area (Å²) in [4.78, 5) is 8.62. The van der Waals surface area contributed by atoms with Gasteiger partial charge in [-0.15, -0.1) is 0 Å². The number of hydrogen-bond donors (Lipinski definition) is 2. The number of aromatic nitrogens is 2. The molecule has 0 bridgehead atoms. The Hall–Kier alpha value is -1.50. The summed E-state index contributed by atoms with van der Waals surface area (Å²) in [5, 5.41) is 0. The molecule has 5 nitrogen and oxygen atoms in total. The molecule has 0 saturated heterocycles. The van der Waals surface area contributed by atoms with E-state index in [0.29, 0.717) is 12.2 Å². The van der Waals surface area contributed by atoms with Gasteiger partial charge < -0.3 is 4.74 Å². The van der Waals surface area contributed by atoms with Gasteiger partial charge in [0, 0.05) is 12.4 Å². The van der Waals surface area contributed by atoms with Crippen molar-refractivity contribution in [1.29, 1.82) is 0 Å². The number of nitrogens with zero attached hydrogens (tertiary/aromatic N) is 2. The van der Waals surface area contributed by atoms with Crippen molar-refractivity contribution in [3.63, 3.8) is 0 Å². The number of ether oxygens (including phenoxy) is 1. The van der Waals surface area contributed by atoms with Gasteiger partial charge in [-0.1, -0.05) is 6.07 Å². The van der Waals surface area contributed by atoms with Gasteiger partial charge in [0.1, 0.15) is 11.6 Å². The highest BCUT2D eigenvalue weighted by atomic mass is 79.9. The molecule has 0 saturated carbocycles. The Morgan fingerprint density at radius 3 is 2.60 bits per heavy atom.